The second-order valence-electron chi connectivity index (χ2n) is 7.59. The monoisotopic (exact) mass is 421 g/mol. The van der Waals surface area contributed by atoms with Gasteiger partial charge in [-0.05, 0) is 78.9 Å². The van der Waals surface area contributed by atoms with Gasteiger partial charge in [0.05, 0.1) is 17.9 Å². The molecule has 0 saturated heterocycles. The molecule has 1 atom stereocenters. The van der Waals surface area contributed by atoms with Crippen LogP contribution in [0.3, 0.4) is 0 Å². The van der Waals surface area contributed by atoms with Gasteiger partial charge in [0.1, 0.15) is 5.75 Å². The van der Waals surface area contributed by atoms with Gasteiger partial charge in [-0.15, -0.1) is 0 Å². The first-order valence-corrected chi connectivity index (χ1v) is 11.0. The van der Waals surface area contributed by atoms with Crippen molar-refractivity contribution in [2.24, 2.45) is 0 Å². The van der Waals surface area contributed by atoms with Crippen molar-refractivity contribution in [3.8, 4) is 5.75 Å². The van der Waals surface area contributed by atoms with Crippen LogP contribution >= 0.6 is 0 Å². The van der Waals surface area contributed by atoms with E-state index < -0.39 is 10.8 Å². The van der Waals surface area contributed by atoms with Gasteiger partial charge in [-0.1, -0.05) is 32.0 Å². The van der Waals surface area contributed by atoms with Crippen LogP contribution in [0.2, 0.25) is 0 Å². The molecule has 5 heteroatoms. The van der Waals surface area contributed by atoms with E-state index in [0.717, 1.165) is 32.2 Å². The summed E-state index contributed by atoms with van der Waals surface area (Å²) < 4.78 is 18.8. The lowest BCUT2D eigenvalue weighted by atomic mass is 10.0. The fourth-order valence-electron chi connectivity index (χ4n) is 3.50. The van der Waals surface area contributed by atoms with E-state index in [0.29, 0.717) is 11.3 Å². The van der Waals surface area contributed by atoms with E-state index in [2.05, 4.69) is 19.2 Å². The maximum Gasteiger partial charge on any atom is 0.255 e. The Bertz CT molecular complexity index is 1070. The van der Waals surface area contributed by atoms with Gasteiger partial charge in [-0.25, -0.2) is 4.21 Å². The summed E-state index contributed by atoms with van der Waals surface area (Å²) in [5.74, 6) is 0.896. The minimum atomic E-state index is -1.33. The highest BCUT2D eigenvalue weighted by Crippen LogP contribution is 2.32. The molecule has 0 fully saturated rings. The third-order valence-electron chi connectivity index (χ3n) is 4.98. The Morgan fingerprint density at radius 3 is 2.17 bits per heavy atom. The molecule has 0 saturated carbocycles. The van der Waals surface area contributed by atoms with E-state index in [1.807, 2.05) is 62.4 Å². The zero-order chi connectivity index (χ0) is 21.8. The first-order chi connectivity index (χ1) is 14.3. The highest BCUT2D eigenvalue weighted by Gasteiger charge is 2.18. The molecule has 0 aliphatic rings. The number of nitrogens with one attached hydrogen (secondary N) is 1. The summed E-state index contributed by atoms with van der Waals surface area (Å²) in [5.41, 5.74) is 4.07. The summed E-state index contributed by atoms with van der Waals surface area (Å²) in [6.07, 6.45) is 0. The second-order valence-corrected chi connectivity index (χ2v) is 9.00. The molecular weight excluding hydrogens is 394 g/mol. The van der Waals surface area contributed by atoms with Gasteiger partial charge in [-0.2, -0.15) is 0 Å². The zero-order valence-electron chi connectivity index (χ0n) is 18.0. The average molecular weight is 422 g/mol. The van der Waals surface area contributed by atoms with Crippen molar-refractivity contribution in [1.29, 1.82) is 0 Å². The lowest BCUT2D eigenvalue weighted by Crippen LogP contribution is -2.12. The van der Waals surface area contributed by atoms with E-state index in [1.165, 1.54) is 0 Å². The standard InChI is InChI=1S/C25H27NO3S/c1-16(2)22-15-21(11-12-23(22)29-5)30(28)24-17(3)13-20(14-18(24)4)26-25(27)19-9-7-6-8-10-19/h6-16H,1-5H3,(H,26,27). The number of anilines is 1. The van der Waals surface area contributed by atoms with Gasteiger partial charge in [0, 0.05) is 21.0 Å². The molecule has 3 rings (SSSR count). The van der Waals surface area contributed by atoms with Crippen molar-refractivity contribution in [3.05, 3.63) is 82.9 Å². The molecule has 0 spiro atoms. The van der Waals surface area contributed by atoms with E-state index in [9.17, 15) is 9.00 Å². The molecule has 1 amide bonds. The maximum absolute atomic E-state index is 13.4. The van der Waals surface area contributed by atoms with Crippen LogP contribution in [0.25, 0.3) is 0 Å². The Morgan fingerprint density at radius 1 is 0.967 bits per heavy atom. The molecule has 0 radical (unpaired) electrons. The summed E-state index contributed by atoms with van der Waals surface area (Å²) >= 11 is 0. The molecule has 0 bridgehead atoms. The number of ether oxygens (including phenoxy) is 1. The van der Waals surface area contributed by atoms with Crippen LogP contribution < -0.4 is 10.1 Å². The van der Waals surface area contributed by atoms with E-state index in [4.69, 9.17) is 4.74 Å². The van der Waals surface area contributed by atoms with Crippen molar-refractivity contribution in [2.45, 2.75) is 43.4 Å². The Balaban J connectivity index is 1.91. The molecular formula is C25H27NO3S. The first kappa shape index (κ1) is 21.8. The highest BCUT2D eigenvalue weighted by atomic mass is 32.2. The molecule has 3 aromatic carbocycles. The van der Waals surface area contributed by atoms with Gasteiger partial charge < -0.3 is 10.1 Å². The minimum Gasteiger partial charge on any atom is -0.496 e. The molecule has 4 nitrogen and oxygen atoms in total. The Hall–Kier alpha value is -2.92. The van der Waals surface area contributed by atoms with Gasteiger partial charge in [0.2, 0.25) is 0 Å². The summed E-state index contributed by atoms with van der Waals surface area (Å²) in [7, 11) is 0.315. The molecule has 156 valence electrons. The molecule has 1 unspecified atom stereocenters. The lowest BCUT2D eigenvalue weighted by Gasteiger charge is -2.16. The summed E-state index contributed by atoms with van der Waals surface area (Å²) in [4.78, 5) is 14.0. The number of carbonyl (C=O) groups excluding carboxylic acids is 1. The minimum absolute atomic E-state index is 0.167. The maximum atomic E-state index is 13.4. The van der Waals surface area contributed by atoms with E-state index in [-0.39, 0.29) is 11.8 Å². The van der Waals surface area contributed by atoms with Crippen LogP contribution in [0.15, 0.2) is 70.5 Å². The third-order valence-corrected chi connectivity index (χ3v) is 6.67. The number of amides is 1. The Labute approximate surface area is 180 Å². The van der Waals surface area contributed by atoms with Crippen molar-refractivity contribution in [2.75, 3.05) is 12.4 Å². The molecule has 0 aliphatic carbocycles. The van der Waals surface area contributed by atoms with Gasteiger partial charge in [-0.3, -0.25) is 4.79 Å². The number of hydrogen-bond donors (Lipinski definition) is 1. The number of benzene rings is 3. The fourth-order valence-corrected chi connectivity index (χ4v) is 4.87. The summed E-state index contributed by atoms with van der Waals surface area (Å²) in [6.45, 7) is 8.02. The van der Waals surface area contributed by atoms with Gasteiger partial charge in [0.15, 0.2) is 0 Å². The largest absolute Gasteiger partial charge is 0.496 e. The molecule has 3 aromatic rings. The molecule has 0 heterocycles. The third kappa shape index (κ3) is 4.62. The second kappa shape index (κ2) is 9.26. The SMILES string of the molecule is COc1ccc(S(=O)c2c(C)cc(NC(=O)c3ccccc3)cc2C)cc1C(C)C. The highest BCUT2D eigenvalue weighted by molar-refractivity contribution is 7.85. The van der Waals surface area contributed by atoms with Crippen molar-refractivity contribution >= 4 is 22.4 Å². The quantitative estimate of drug-likeness (QED) is 0.543. The predicted molar refractivity (Wildman–Crippen MR) is 122 cm³/mol. The summed E-state index contributed by atoms with van der Waals surface area (Å²) in [5, 5.41) is 2.93. The van der Waals surface area contributed by atoms with Gasteiger partial charge in [0.25, 0.3) is 5.91 Å². The average Bonchev–Trinajstić information content (AvgIpc) is 2.73. The summed E-state index contributed by atoms with van der Waals surface area (Å²) in [6, 6.07) is 18.5. The van der Waals surface area contributed by atoms with Gasteiger partial charge >= 0.3 is 0 Å². The Kier molecular flexibility index (Phi) is 6.73. The van der Waals surface area contributed by atoms with Crippen LogP contribution in [0, 0.1) is 13.8 Å². The number of hydrogen-bond acceptors (Lipinski definition) is 3. The van der Waals surface area contributed by atoms with Crippen LogP contribution in [0.4, 0.5) is 5.69 Å². The zero-order valence-corrected chi connectivity index (χ0v) is 18.8. The number of aryl methyl sites for hydroxylation is 2. The predicted octanol–water partition coefficient (Wildman–Crippen LogP) is 5.85. The normalized spacial score (nSPS) is 11.9. The van der Waals surface area contributed by atoms with E-state index in [1.54, 1.807) is 19.2 Å². The molecule has 0 aromatic heterocycles. The van der Waals surface area contributed by atoms with E-state index >= 15 is 0 Å². The van der Waals surface area contributed by atoms with Crippen LogP contribution in [-0.2, 0) is 10.8 Å². The van der Waals surface area contributed by atoms with Crippen LogP contribution in [0.5, 0.6) is 5.75 Å². The molecule has 0 aliphatic heterocycles. The lowest BCUT2D eigenvalue weighted by molar-refractivity contribution is 0.102. The van der Waals surface area contributed by atoms with Crippen LogP contribution in [-0.4, -0.2) is 17.2 Å². The molecule has 30 heavy (non-hydrogen) atoms. The van der Waals surface area contributed by atoms with Crippen LogP contribution in [0.1, 0.15) is 46.8 Å². The smallest absolute Gasteiger partial charge is 0.255 e. The first-order valence-electron chi connectivity index (χ1n) is 9.89. The Morgan fingerprint density at radius 2 is 1.60 bits per heavy atom. The van der Waals surface area contributed by atoms with Crippen molar-refractivity contribution in [3.63, 3.8) is 0 Å². The fraction of sp³-hybridized carbons (Fsp3) is 0.240. The van der Waals surface area contributed by atoms with Crippen molar-refractivity contribution < 1.29 is 13.7 Å². The number of rotatable bonds is 6. The number of methoxy groups -OCH3 is 1. The topological polar surface area (TPSA) is 55.4 Å². The molecule has 1 N–H and O–H groups in total. The van der Waals surface area contributed by atoms with Crippen molar-refractivity contribution in [1.82, 2.24) is 0 Å². The number of carbonyl (C=O) groups is 1.